The predicted octanol–water partition coefficient (Wildman–Crippen LogP) is 2.94. The molecule has 0 aromatic heterocycles. The van der Waals surface area contributed by atoms with Crippen LogP contribution in [0.5, 0.6) is 0 Å². The first-order valence-electron chi connectivity index (χ1n) is 11.5. The minimum Gasteiger partial charge on any atom is -0.353 e. The molecule has 2 aliphatic heterocycles. The van der Waals surface area contributed by atoms with Crippen LogP contribution >= 0.6 is 0 Å². The molecule has 2 amide bonds. The zero-order valence-electron chi connectivity index (χ0n) is 16.8. The average Bonchev–Trinajstić information content (AvgIpc) is 3.56. The second-order valence-electron chi connectivity index (χ2n) is 9.36. The molecule has 5 nitrogen and oxygen atoms in total. The molecule has 152 valence electrons. The summed E-state index contributed by atoms with van der Waals surface area (Å²) in [6.07, 6.45) is 14.0. The molecule has 5 heteroatoms. The smallest absolute Gasteiger partial charge is 0.225 e. The summed E-state index contributed by atoms with van der Waals surface area (Å²) in [4.78, 5) is 29.7. The fourth-order valence-electron chi connectivity index (χ4n) is 5.33. The fourth-order valence-corrected chi connectivity index (χ4v) is 5.33. The molecule has 4 aliphatic rings. The highest BCUT2D eigenvalue weighted by Gasteiger charge is 2.37. The van der Waals surface area contributed by atoms with E-state index in [0.717, 1.165) is 77.5 Å². The van der Waals surface area contributed by atoms with E-state index in [1.165, 1.54) is 25.7 Å². The van der Waals surface area contributed by atoms with Gasteiger partial charge in [-0.2, -0.15) is 0 Å². The van der Waals surface area contributed by atoms with Gasteiger partial charge in [-0.05, 0) is 57.9 Å². The third kappa shape index (κ3) is 5.04. The second-order valence-corrected chi connectivity index (χ2v) is 9.36. The normalized spacial score (nSPS) is 29.3. The summed E-state index contributed by atoms with van der Waals surface area (Å²) in [6, 6.07) is 0.966. The molecule has 2 saturated heterocycles. The van der Waals surface area contributed by atoms with Gasteiger partial charge in [0.15, 0.2) is 0 Å². The van der Waals surface area contributed by atoms with Crippen molar-refractivity contribution in [3.8, 4) is 0 Å². The van der Waals surface area contributed by atoms with Gasteiger partial charge < -0.3 is 10.2 Å². The Morgan fingerprint density at radius 1 is 0.704 bits per heavy atom. The van der Waals surface area contributed by atoms with Crippen LogP contribution in [-0.2, 0) is 9.59 Å². The number of likely N-dealkylation sites (tertiary alicyclic amines) is 2. The summed E-state index contributed by atoms with van der Waals surface area (Å²) in [5, 5.41) is 3.37. The first kappa shape index (κ1) is 19.2. The predicted molar refractivity (Wildman–Crippen MR) is 106 cm³/mol. The van der Waals surface area contributed by atoms with Gasteiger partial charge in [-0.15, -0.1) is 0 Å². The van der Waals surface area contributed by atoms with E-state index in [-0.39, 0.29) is 5.92 Å². The zero-order chi connectivity index (χ0) is 18.6. The van der Waals surface area contributed by atoms with Crippen LogP contribution in [0.25, 0.3) is 0 Å². The quantitative estimate of drug-likeness (QED) is 0.769. The van der Waals surface area contributed by atoms with E-state index >= 15 is 0 Å². The van der Waals surface area contributed by atoms with Gasteiger partial charge in [0.25, 0.3) is 0 Å². The van der Waals surface area contributed by atoms with Gasteiger partial charge >= 0.3 is 0 Å². The van der Waals surface area contributed by atoms with Crippen molar-refractivity contribution in [2.24, 2.45) is 11.8 Å². The second kappa shape index (κ2) is 8.93. The Kier molecular flexibility index (Phi) is 6.36. The minimum atomic E-state index is 0.160. The topological polar surface area (TPSA) is 52.7 Å². The van der Waals surface area contributed by atoms with Gasteiger partial charge in [0, 0.05) is 37.6 Å². The Balaban J connectivity index is 1.24. The molecular formula is C22H37N3O2. The van der Waals surface area contributed by atoms with Crippen molar-refractivity contribution in [1.29, 1.82) is 0 Å². The maximum absolute atomic E-state index is 12.8. The molecule has 0 radical (unpaired) electrons. The molecule has 2 saturated carbocycles. The number of amides is 2. The lowest BCUT2D eigenvalue weighted by atomic mass is 9.92. The van der Waals surface area contributed by atoms with Gasteiger partial charge in [0.2, 0.25) is 11.8 Å². The Hall–Kier alpha value is -1.10. The highest BCUT2D eigenvalue weighted by Crippen LogP contribution is 2.32. The van der Waals surface area contributed by atoms with E-state index in [4.69, 9.17) is 0 Å². The molecule has 2 aliphatic carbocycles. The standard InChI is InChI=1S/C22H37N3O2/c26-21(23-19-7-3-1-2-4-8-19)18-6-5-13-25(16-18)20-11-14-24(15-12-20)22(27)17-9-10-17/h17-20H,1-16H2,(H,23,26)/t18-/m1/s1. The highest BCUT2D eigenvalue weighted by atomic mass is 16.2. The van der Waals surface area contributed by atoms with Crippen LogP contribution in [0, 0.1) is 11.8 Å². The van der Waals surface area contributed by atoms with Crippen molar-refractivity contribution in [2.45, 2.75) is 89.1 Å². The van der Waals surface area contributed by atoms with Crippen molar-refractivity contribution in [2.75, 3.05) is 26.2 Å². The maximum Gasteiger partial charge on any atom is 0.225 e. The molecule has 2 heterocycles. The van der Waals surface area contributed by atoms with Crippen molar-refractivity contribution in [3.05, 3.63) is 0 Å². The molecule has 0 unspecified atom stereocenters. The third-order valence-corrected chi connectivity index (χ3v) is 7.24. The van der Waals surface area contributed by atoms with Crippen molar-refractivity contribution >= 4 is 11.8 Å². The third-order valence-electron chi connectivity index (χ3n) is 7.24. The number of carbonyl (C=O) groups excluding carboxylic acids is 2. The van der Waals surface area contributed by atoms with Gasteiger partial charge in [-0.1, -0.05) is 25.7 Å². The summed E-state index contributed by atoms with van der Waals surface area (Å²) in [6.45, 7) is 3.86. The summed E-state index contributed by atoms with van der Waals surface area (Å²) in [5.74, 6) is 1.20. The van der Waals surface area contributed by atoms with Crippen LogP contribution in [0.2, 0.25) is 0 Å². The molecule has 1 atom stereocenters. The fraction of sp³-hybridized carbons (Fsp3) is 0.909. The maximum atomic E-state index is 12.8. The van der Waals surface area contributed by atoms with E-state index in [0.29, 0.717) is 29.8 Å². The Bertz CT molecular complexity index is 518. The monoisotopic (exact) mass is 375 g/mol. The lowest BCUT2D eigenvalue weighted by Crippen LogP contribution is -2.52. The van der Waals surface area contributed by atoms with E-state index in [1.807, 2.05) is 0 Å². The van der Waals surface area contributed by atoms with Gasteiger partial charge in [0.1, 0.15) is 0 Å². The molecule has 0 bridgehead atoms. The molecule has 4 fully saturated rings. The van der Waals surface area contributed by atoms with Crippen LogP contribution in [0.4, 0.5) is 0 Å². The SMILES string of the molecule is O=C(NC1CCCCCC1)[C@@H]1CCCN(C2CCN(C(=O)C3CC3)CC2)C1. The summed E-state index contributed by atoms with van der Waals surface area (Å²) in [7, 11) is 0. The largest absolute Gasteiger partial charge is 0.353 e. The van der Waals surface area contributed by atoms with Gasteiger partial charge in [0.05, 0.1) is 5.92 Å². The Morgan fingerprint density at radius 3 is 2.07 bits per heavy atom. The Morgan fingerprint density at radius 2 is 1.41 bits per heavy atom. The van der Waals surface area contributed by atoms with Crippen LogP contribution in [0.3, 0.4) is 0 Å². The molecule has 1 N–H and O–H groups in total. The zero-order valence-corrected chi connectivity index (χ0v) is 16.8. The van der Waals surface area contributed by atoms with Gasteiger partial charge in [-0.3, -0.25) is 14.5 Å². The lowest BCUT2D eigenvalue weighted by molar-refractivity contribution is -0.134. The first-order valence-corrected chi connectivity index (χ1v) is 11.5. The molecule has 0 spiro atoms. The number of hydrogen-bond acceptors (Lipinski definition) is 3. The van der Waals surface area contributed by atoms with E-state index in [2.05, 4.69) is 15.1 Å². The molecule has 0 aromatic carbocycles. The first-order chi connectivity index (χ1) is 13.2. The van der Waals surface area contributed by atoms with Gasteiger partial charge in [-0.25, -0.2) is 0 Å². The average molecular weight is 376 g/mol. The van der Waals surface area contributed by atoms with Crippen molar-refractivity contribution in [1.82, 2.24) is 15.1 Å². The number of rotatable bonds is 4. The number of hydrogen-bond donors (Lipinski definition) is 1. The number of carbonyl (C=O) groups is 2. The molecular weight excluding hydrogens is 338 g/mol. The van der Waals surface area contributed by atoms with Crippen molar-refractivity contribution in [3.63, 3.8) is 0 Å². The van der Waals surface area contributed by atoms with Crippen LogP contribution < -0.4 is 5.32 Å². The van der Waals surface area contributed by atoms with Crippen molar-refractivity contribution < 1.29 is 9.59 Å². The molecule has 0 aromatic rings. The summed E-state index contributed by atoms with van der Waals surface area (Å²) >= 11 is 0. The Labute approximate surface area is 164 Å². The molecule has 27 heavy (non-hydrogen) atoms. The van der Waals surface area contributed by atoms with Crippen LogP contribution in [0.15, 0.2) is 0 Å². The highest BCUT2D eigenvalue weighted by molar-refractivity contribution is 5.81. The summed E-state index contributed by atoms with van der Waals surface area (Å²) < 4.78 is 0. The van der Waals surface area contributed by atoms with E-state index < -0.39 is 0 Å². The summed E-state index contributed by atoms with van der Waals surface area (Å²) in [5.41, 5.74) is 0. The molecule has 4 rings (SSSR count). The number of nitrogens with one attached hydrogen (secondary N) is 1. The number of nitrogens with zero attached hydrogens (tertiary/aromatic N) is 2. The number of piperidine rings is 2. The lowest BCUT2D eigenvalue weighted by Gasteiger charge is -2.42. The van der Waals surface area contributed by atoms with E-state index in [9.17, 15) is 9.59 Å². The van der Waals surface area contributed by atoms with E-state index in [1.54, 1.807) is 0 Å². The van der Waals surface area contributed by atoms with Crippen LogP contribution in [0.1, 0.15) is 77.0 Å². The minimum absolute atomic E-state index is 0.160. The van der Waals surface area contributed by atoms with Crippen LogP contribution in [-0.4, -0.2) is 59.9 Å².